The number of nitrogens with zero attached hydrogens (tertiary/aromatic N) is 5. The Hall–Kier alpha value is -4.08. The first-order valence-electron chi connectivity index (χ1n) is 7.74. The molecule has 0 aliphatic heterocycles. The van der Waals surface area contributed by atoms with Gasteiger partial charge in [0.15, 0.2) is 6.61 Å². The summed E-state index contributed by atoms with van der Waals surface area (Å²) in [7, 11) is 0. The van der Waals surface area contributed by atoms with E-state index in [0.717, 1.165) is 0 Å². The predicted molar refractivity (Wildman–Crippen MR) is 93.8 cm³/mol. The molecule has 0 saturated heterocycles. The van der Waals surface area contributed by atoms with Crippen LogP contribution in [0.3, 0.4) is 0 Å². The van der Waals surface area contributed by atoms with Crippen molar-refractivity contribution in [1.82, 2.24) is 25.6 Å². The zero-order valence-corrected chi connectivity index (χ0v) is 13.9. The SMILES string of the molecule is O=C(O)COc1ccccc1/C=N/NC(=O)c1ccc(-n2cnnn2)cc1. The molecular formula is C17H14N6O4. The normalized spacial score (nSPS) is 10.7. The average molecular weight is 366 g/mol. The number of rotatable bonds is 7. The number of ether oxygens (including phenoxy) is 1. The predicted octanol–water partition coefficient (Wildman–Crippen LogP) is 0.890. The van der Waals surface area contributed by atoms with E-state index in [4.69, 9.17) is 9.84 Å². The standard InChI is InChI=1S/C17H14N6O4/c24-16(25)10-27-15-4-2-1-3-13(15)9-18-20-17(26)12-5-7-14(8-6-12)23-11-19-21-22-23/h1-9,11H,10H2,(H,20,26)(H,24,25)/b18-9+. The quantitative estimate of drug-likeness (QED) is 0.469. The summed E-state index contributed by atoms with van der Waals surface area (Å²) < 4.78 is 6.63. The van der Waals surface area contributed by atoms with E-state index in [-0.39, 0.29) is 0 Å². The number of para-hydroxylation sites is 1. The lowest BCUT2D eigenvalue weighted by Crippen LogP contribution is -2.17. The van der Waals surface area contributed by atoms with E-state index < -0.39 is 18.5 Å². The average Bonchev–Trinajstić information content (AvgIpc) is 3.22. The molecule has 10 heteroatoms. The van der Waals surface area contributed by atoms with Crippen LogP contribution in [0.25, 0.3) is 5.69 Å². The number of carbonyl (C=O) groups is 2. The number of carbonyl (C=O) groups excluding carboxylic acids is 1. The molecule has 136 valence electrons. The van der Waals surface area contributed by atoms with Gasteiger partial charge in [0.2, 0.25) is 0 Å². The molecule has 27 heavy (non-hydrogen) atoms. The summed E-state index contributed by atoms with van der Waals surface area (Å²) in [4.78, 5) is 22.8. The molecule has 0 aliphatic carbocycles. The Balaban J connectivity index is 1.63. The summed E-state index contributed by atoms with van der Waals surface area (Å²) in [6, 6.07) is 13.4. The largest absolute Gasteiger partial charge is 0.481 e. The molecule has 0 radical (unpaired) electrons. The first kappa shape index (κ1) is 17.7. The highest BCUT2D eigenvalue weighted by molar-refractivity contribution is 5.95. The maximum Gasteiger partial charge on any atom is 0.341 e. The number of tetrazole rings is 1. The molecule has 10 nitrogen and oxygen atoms in total. The number of hydrazone groups is 1. The Labute approximate surface area is 153 Å². The van der Waals surface area contributed by atoms with E-state index in [1.165, 1.54) is 17.2 Å². The van der Waals surface area contributed by atoms with Gasteiger partial charge in [0.05, 0.1) is 11.9 Å². The molecule has 1 heterocycles. The van der Waals surface area contributed by atoms with E-state index in [0.29, 0.717) is 22.6 Å². The Morgan fingerprint density at radius 2 is 1.96 bits per heavy atom. The summed E-state index contributed by atoms with van der Waals surface area (Å²) in [5.41, 5.74) is 4.06. The third-order valence-electron chi connectivity index (χ3n) is 3.38. The minimum Gasteiger partial charge on any atom is -0.481 e. The molecule has 0 aliphatic rings. The van der Waals surface area contributed by atoms with Crippen LogP contribution in [0.1, 0.15) is 15.9 Å². The molecule has 1 aromatic heterocycles. The van der Waals surface area contributed by atoms with Gasteiger partial charge in [-0.1, -0.05) is 12.1 Å². The van der Waals surface area contributed by atoms with Crippen molar-refractivity contribution in [2.45, 2.75) is 0 Å². The number of hydrogen-bond donors (Lipinski definition) is 2. The Morgan fingerprint density at radius 3 is 2.67 bits per heavy atom. The monoisotopic (exact) mass is 366 g/mol. The lowest BCUT2D eigenvalue weighted by molar-refractivity contribution is -0.139. The number of aromatic nitrogens is 4. The summed E-state index contributed by atoms with van der Waals surface area (Å²) in [5.74, 6) is -1.14. The molecule has 0 spiro atoms. The third-order valence-corrected chi connectivity index (χ3v) is 3.38. The second-order valence-electron chi connectivity index (χ2n) is 5.22. The third kappa shape index (κ3) is 4.72. The number of hydrogen-bond acceptors (Lipinski definition) is 7. The molecule has 3 aromatic rings. The van der Waals surface area contributed by atoms with Crippen LogP contribution >= 0.6 is 0 Å². The molecule has 3 rings (SSSR count). The molecule has 0 saturated carbocycles. The molecule has 0 unspecified atom stereocenters. The number of amides is 1. The van der Waals surface area contributed by atoms with Crippen molar-refractivity contribution < 1.29 is 19.4 Å². The van der Waals surface area contributed by atoms with Gasteiger partial charge in [-0.2, -0.15) is 5.10 Å². The van der Waals surface area contributed by atoms with Crippen LogP contribution in [0.15, 0.2) is 60.0 Å². The Bertz CT molecular complexity index is 954. The van der Waals surface area contributed by atoms with Gasteiger partial charge in [-0.15, -0.1) is 5.10 Å². The Morgan fingerprint density at radius 1 is 1.19 bits per heavy atom. The van der Waals surface area contributed by atoms with E-state index in [1.807, 2.05) is 0 Å². The number of carboxylic acids is 1. The van der Waals surface area contributed by atoms with Crippen LogP contribution in [-0.4, -0.2) is 50.0 Å². The summed E-state index contributed by atoms with van der Waals surface area (Å²) in [6.45, 7) is -0.467. The number of nitrogens with one attached hydrogen (secondary N) is 1. The molecule has 2 N–H and O–H groups in total. The van der Waals surface area contributed by atoms with Gasteiger partial charge in [-0.3, -0.25) is 4.79 Å². The van der Waals surface area contributed by atoms with E-state index in [2.05, 4.69) is 26.1 Å². The summed E-state index contributed by atoms with van der Waals surface area (Å²) in [5, 5.41) is 23.4. The molecule has 0 atom stereocenters. The van der Waals surface area contributed by atoms with Crippen LogP contribution in [0.4, 0.5) is 0 Å². The maximum absolute atomic E-state index is 12.2. The van der Waals surface area contributed by atoms with Crippen molar-refractivity contribution in [3.05, 3.63) is 66.0 Å². The number of aliphatic carboxylic acids is 1. The molecule has 0 bridgehead atoms. The van der Waals surface area contributed by atoms with Crippen molar-refractivity contribution in [3.63, 3.8) is 0 Å². The van der Waals surface area contributed by atoms with Crippen LogP contribution < -0.4 is 10.2 Å². The Kier molecular flexibility index (Phi) is 5.48. The highest BCUT2D eigenvalue weighted by atomic mass is 16.5. The highest BCUT2D eigenvalue weighted by Gasteiger charge is 2.06. The van der Waals surface area contributed by atoms with Gasteiger partial charge in [0.25, 0.3) is 5.91 Å². The van der Waals surface area contributed by atoms with Gasteiger partial charge in [-0.25, -0.2) is 14.9 Å². The number of benzene rings is 2. The fourth-order valence-corrected chi connectivity index (χ4v) is 2.13. The van der Waals surface area contributed by atoms with Crippen LogP contribution in [0, 0.1) is 0 Å². The van der Waals surface area contributed by atoms with Gasteiger partial charge >= 0.3 is 5.97 Å². The van der Waals surface area contributed by atoms with Crippen molar-refractivity contribution in [2.24, 2.45) is 5.10 Å². The lowest BCUT2D eigenvalue weighted by atomic mass is 10.2. The van der Waals surface area contributed by atoms with Gasteiger partial charge in [0.1, 0.15) is 12.1 Å². The summed E-state index contributed by atoms with van der Waals surface area (Å²) >= 11 is 0. The van der Waals surface area contributed by atoms with Crippen LogP contribution in [0.2, 0.25) is 0 Å². The van der Waals surface area contributed by atoms with Crippen molar-refractivity contribution in [1.29, 1.82) is 0 Å². The van der Waals surface area contributed by atoms with Gasteiger partial charge in [-0.05, 0) is 46.8 Å². The highest BCUT2D eigenvalue weighted by Crippen LogP contribution is 2.15. The minimum atomic E-state index is -1.08. The van der Waals surface area contributed by atoms with Gasteiger partial charge in [0, 0.05) is 11.1 Å². The van der Waals surface area contributed by atoms with Crippen LogP contribution in [0.5, 0.6) is 5.75 Å². The zero-order valence-electron chi connectivity index (χ0n) is 13.9. The topological polar surface area (TPSA) is 132 Å². The van der Waals surface area contributed by atoms with Gasteiger partial charge < -0.3 is 9.84 Å². The molecular weight excluding hydrogens is 352 g/mol. The fourth-order valence-electron chi connectivity index (χ4n) is 2.13. The van der Waals surface area contributed by atoms with Crippen LogP contribution in [-0.2, 0) is 4.79 Å². The molecule has 2 aromatic carbocycles. The fraction of sp³-hybridized carbons (Fsp3) is 0.0588. The smallest absolute Gasteiger partial charge is 0.341 e. The molecule has 1 amide bonds. The van der Waals surface area contributed by atoms with E-state index >= 15 is 0 Å². The first-order chi connectivity index (χ1) is 13.1. The van der Waals surface area contributed by atoms with Crippen molar-refractivity contribution in [3.8, 4) is 11.4 Å². The molecule has 0 fully saturated rings. The minimum absolute atomic E-state index is 0.351. The second kappa shape index (κ2) is 8.34. The van der Waals surface area contributed by atoms with E-state index in [1.54, 1.807) is 48.5 Å². The second-order valence-corrected chi connectivity index (χ2v) is 5.22. The summed E-state index contributed by atoms with van der Waals surface area (Å²) in [6.07, 6.45) is 2.83. The van der Waals surface area contributed by atoms with Crippen molar-refractivity contribution in [2.75, 3.05) is 6.61 Å². The van der Waals surface area contributed by atoms with E-state index in [9.17, 15) is 9.59 Å². The zero-order chi connectivity index (χ0) is 19.1. The number of carboxylic acid groups (broad SMARTS) is 1. The maximum atomic E-state index is 12.2. The lowest BCUT2D eigenvalue weighted by Gasteiger charge is -2.06. The van der Waals surface area contributed by atoms with Crippen molar-refractivity contribution >= 4 is 18.1 Å². The first-order valence-corrected chi connectivity index (χ1v) is 7.74.